The van der Waals surface area contributed by atoms with Crippen LogP contribution >= 0.6 is 0 Å². The van der Waals surface area contributed by atoms with Gasteiger partial charge in [-0.25, -0.2) is 9.97 Å². The number of para-hydroxylation sites is 2. The van der Waals surface area contributed by atoms with E-state index < -0.39 is 0 Å². The van der Waals surface area contributed by atoms with E-state index in [4.69, 9.17) is 15.7 Å². The minimum absolute atomic E-state index is 0.159. The molecule has 2 amide bonds. The molecule has 5 rings (SSSR count). The Hall–Kier alpha value is -4.72. The van der Waals surface area contributed by atoms with Crippen molar-refractivity contribution < 1.29 is 9.59 Å². The fourth-order valence-corrected chi connectivity index (χ4v) is 4.02. The minimum Gasteiger partial charge on any atom is -0.384 e. The van der Waals surface area contributed by atoms with Crippen LogP contribution in [0.5, 0.6) is 0 Å². The van der Waals surface area contributed by atoms with Gasteiger partial charge in [-0.3, -0.25) is 14.2 Å². The average molecular weight is 465 g/mol. The number of hydrogen-bond donors (Lipinski definition) is 3. The number of anilines is 2. The fourth-order valence-electron chi connectivity index (χ4n) is 4.02. The summed E-state index contributed by atoms with van der Waals surface area (Å²) >= 11 is 0. The topological polar surface area (TPSA) is 115 Å². The Labute approximate surface area is 201 Å². The van der Waals surface area contributed by atoms with Gasteiger partial charge < -0.3 is 16.4 Å². The Morgan fingerprint density at radius 2 is 1.57 bits per heavy atom. The predicted octanol–water partition coefficient (Wildman–Crippen LogP) is 4.35. The van der Waals surface area contributed by atoms with Crippen molar-refractivity contribution >= 4 is 45.5 Å². The SMILES string of the molecule is CC(=O)Nc1ccc(-n2c(N)c(C(=O)NCc3ccc(C)cc3)c3nc4ccccc4nc32)cc1. The number of carbonyl (C=O) groups excluding carboxylic acids is 2. The summed E-state index contributed by atoms with van der Waals surface area (Å²) in [5.74, 6) is -0.246. The molecule has 8 nitrogen and oxygen atoms in total. The number of carbonyl (C=O) groups is 2. The monoisotopic (exact) mass is 464 g/mol. The van der Waals surface area contributed by atoms with E-state index >= 15 is 0 Å². The molecule has 35 heavy (non-hydrogen) atoms. The van der Waals surface area contributed by atoms with Crippen LogP contribution in [0.15, 0.2) is 72.8 Å². The number of aromatic nitrogens is 3. The van der Waals surface area contributed by atoms with E-state index in [2.05, 4.69) is 10.6 Å². The molecule has 2 heterocycles. The highest BCUT2D eigenvalue weighted by Crippen LogP contribution is 2.31. The van der Waals surface area contributed by atoms with E-state index in [-0.39, 0.29) is 23.2 Å². The molecule has 0 saturated heterocycles. The highest BCUT2D eigenvalue weighted by molar-refractivity contribution is 6.11. The number of fused-ring (bicyclic) bond motifs is 2. The Bertz CT molecular complexity index is 1570. The Balaban J connectivity index is 1.61. The zero-order chi connectivity index (χ0) is 24.5. The molecule has 0 radical (unpaired) electrons. The zero-order valence-electron chi connectivity index (χ0n) is 19.4. The average Bonchev–Trinajstić information content (AvgIpc) is 3.13. The fraction of sp³-hybridized carbons (Fsp3) is 0.111. The van der Waals surface area contributed by atoms with Gasteiger partial charge in [0.25, 0.3) is 5.91 Å². The molecule has 5 aromatic rings. The third-order valence-electron chi connectivity index (χ3n) is 5.74. The molecule has 4 N–H and O–H groups in total. The smallest absolute Gasteiger partial charge is 0.257 e. The van der Waals surface area contributed by atoms with Gasteiger partial charge in [-0.1, -0.05) is 42.0 Å². The van der Waals surface area contributed by atoms with Gasteiger partial charge in [0.15, 0.2) is 5.65 Å². The first-order chi connectivity index (χ1) is 16.9. The van der Waals surface area contributed by atoms with Gasteiger partial charge in [0, 0.05) is 24.8 Å². The van der Waals surface area contributed by atoms with Gasteiger partial charge in [0.1, 0.15) is 16.9 Å². The number of benzene rings is 3. The van der Waals surface area contributed by atoms with E-state index in [1.165, 1.54) is 6.92 Å². The van der Waals surface area contributed by atoms with Crippen LogP contribution in [-0.2, 0) is 11.3 Å². The van der Waals surface area contributed by atoms with E-state index in [1.807, 2.05) is 67.6 Å². The van der Waals surface area contributed by atoms with E-state index in [9.17, 15) is 9.59 Å². The van der Waals surface area contributed by atoms with Crippen LogP contribution in [0.2, 0.25) is 0 Å². The first-order valence-electron chi connectivity index (χ1n) is 11.2. The lowest BCUT2D eigenvalue weighted by Gasteiger charge is -2.10. The highest BCUT2D eigenvalue weighted by atomic mass is 16.2. The first kappa shape index (κ1) is 22.1. The lowest BCUT2D eigenvalue weighted by Crippen LogP contribution is -2.24. The summed E-state index contributed by atoms with van der Waals surface area (Å²) in [5, 5.41) is 5.71. The minimum atomic E-state index is -0.328. The van der Waals surface area contributed by atoms with Crippen LogP contribution in [0.25, 0.3) is 27.9 Å². The van der Waals surface area contributed by atoms with E-state index in [0.29, 0.717) is 40.1 Å². The van der Waals surface area contributed by atoms with Crippen molar-refractivity contribution in [3.63, 3.8) is 0 Å². The number of nitrogens with one attached hydrogen (secondary N) is 2. The molecule has 174 valence electrons. The third kappa shape index (κ3) is 4.29. The molecule has 0 unspecified atom stereocenters. The zero-order valence-corrected chi connectivity index (χ0v) is 19.4. The third-order valence-corrected chi connectivity index (χ3v) is 5.74. The summed E-state index contributed by atoms with van der Waals surface area (Å²) in [6, 6.07) is 22.6. The van der Waals surface area contributed by atoms with Gasteiger partial charge in [0.2, 0.25) is 5.91 Å². The van der Waals surface area contributed by atoms with Crippen molar-refractivity contribution in [2.75, 3.05) is 11.1 Å². The summed E-state index contributed by atoms with van der Waals surface area (Å²) in [6.07, 6.45) is 0. The second-order valence-electron chi connectivity index (χ2n) is 8.38. The summed E-state index contributed by atoms with van der Waals surface area (Å²) < 4.78 is 1.72. The largest absolute Gasteiger partial charge is 0.384 e. The number of hydrogen-bond acceptors (Lipinski definition) is 5. The molecule has 0 bridgehead atoms. The van der Waals surface area contributed by atoms with Gasteiger partial charge in [-0.2, -0.15) is 0 Å². The quantitative estimate of drug-likeness (QED) is 0.358. The summed E-state index contributed by atoms with van der Waals surface area (Å²) in [6.45, 7) is 3.83. The van der Waals surface area contributed by atoms with Gasteiger partial charge in [-0.05, 0) is 48.9 Å². The van der Waals surface area contributed by atoms with Crippen molar-refractivity contribution in [3.05, 3.63) is 89.5 Å². The number of nitrogen functional groups attached to an aromatic ring is 1. The van der Waals surface area contributed by atoms with Crippen LogP contribution in [0.4, 0.5) is 11.5 Å². The number of aryl methyl sites for hydroxylation is 1. The molecule has 0 atom stereocenters. The predicted molar refractivity (Wildman–Crippen MR) is 137 cm³/mol. The number of rotatable bonds is 5. The molecule has 0 saturated carbocycles. The van der Waals surface area contributed by atoms with Crippen LogP contribution in [0.1, 0.15) is 28.4 Å². The maximum absolute atomic E-state index is 13.4. The number of nitrogens with two attached hydrogens (primary N) is 1. The number of nitrogens with zero attached hydrogens (tertiary/aromatic N) is 3. The molecule has 0 spiro atoms. The molecule has 0 aliphatic carbocycles. The molecule has 8 heteroatoms. The second-order valence-corrected chi connectivity index (χ2v) is 8.38. The molecule has 0 aliphatic rings. The van der Waals surface area contributed by atoms with Crippen molar-refractivity contribution in [3.8, 4) is 5.69 Å². The van der Waals surface area contributed by atoms with Crippen LogP contribution in [0.3, 0.4) is 0 Å². The van der Waals surface area contributed by atoms with Gasteiger partial charge in [-0.15, -0.1) is 0 Å². The van der Waals surface area contributed by atoms with Crippen molar-refractivity contribution in [1.82, 2.24) is 19.9 Å². The van der Waals surface area contributed by atoms with Gasteiger partial charge >= 0.3 is 0 Å². The van der Waals surface area contributed by atoms with Gasteiger partial charge in [0.05, 0.1) is 11.0 Å². The Morgan fingerprint density at radius 3 is 2.23 bits per heavy atom. The van der Waals surface area contributed by atoms with Crippen LogP contribution < -0.4 is 16.4 Å². The first-order valence-corrected chi connectivity index (χ1v) is 11.2. The maximum Gasteiger partial charge on any atom is 0.257 e. The normalized spacial score (nSPS) is 11.0. The molecule has 0 aliphatic heterocycles. The number of amides is 2. The van der Waals surface area contributed by atoms with Crippen molar-refractivity contribution in [2.45, 2.75) is 20.4 Å². The van der Waals surface area contributed by atoms with Crippen molar-refractivity contribution in [1.29, 1.82) is 0 Å². The molecule has 2 aromatic heterocycles. The molecular formula is C27H24N6O2. The van der Waals surface area contributed by atoms with E-state index in [1.54, 1.807) is 16.7 Å². The second kappa shape index (κ2) is 8.90. The lowest BCUT2D eigenvalue weighted by molar-refractivity contribution is -0.114. The van der Waals surface area contributed by atoms with Crippen LogP contribution in [0, 0.1) is 6.92 Å². The van der Waals surface area contributed by atoms with E-state index in [0.717, 1.165) is 11.1 Å². The molecular weight excluding hydrogens is 440 g/mol. The standard InChI is InChI=1S/C27H24N6O2/c1-16-7-9-18(10-8-16)15-29-27(35)23-24-26(32-22-6-4-3-5-21(22)31-24)33(25(23)28)20-13-11-19(12-14-20)30-17(2)34/h3-14H,15,28H2,1-2H3,(H,29,35)(H,30,34). The maximum atomic E-state index is 13.4. The molecule has 3 aromatic carbocycles. The Kier molecular flexibility index (Phi) is 5.62. The summed E-state index contributed by atoms with van der Waals surface area (Å²) in [4.78, 5) is 34.3. The Morgan fingerprint density at radius 1 is 0.914 bits per heavy atom. The summed E-state index contributed by atoms with van der Waals surface area (Å²) in [7, 11) is 0. The van der Waals surface area contributed by atoms with Crippen molar-refractivity contribution in [2.24, 2.45) is 0 Å². The lowest BCUT2D eigenvalue weighted by atomic mass is 10.1. The van der Waals surface area contributed by atoms with Crippen LogP contribution in [-0.4, -0.2) is 26.3 Å². The highest BCUT2D eigenvalue weighted by Gasteiger charge is 2.24. The summed E-state index contributed by atoms with van der Waals surface area (Å²) in [5.41, 5.74) is 12.6. The molecule has 0 fully saturated rings.